The molecule has 6 heteroatoms. The quantitative estimate of drug-likeness (QED) is 0.502. The summed E-state index contributed by atoms with van der Waals surface area (Å²) < 4.78 is 0. The topological polar surface area (TPSA) is 95.5 Å². The van der Waals surface area contributed by atoms with Gasteiger partial charge < -0.3 is 15.7 Å². The van der Waals surface area contributed by atoms with Gasteiger partial charge in [-0.2, -0.15) is 0 Å². The Hall–Kier alpha value is -2.37. The summed E-state index contributed by atoms with van der Waals surface area (Å²) in [5, 5.41) is 13.5. The van der Waals surface area contributed by atoms with E-state index in [1.807, 2.05) is 19.1 Å². The van der Waals surface area contributed by atoms with E-state index in [0.717, 1.165) is 5.56 Å². The summed E-state index contributed by atoms with van der Waals surface area (Å²) in [6.45, 7) is 2.49. The maximum atomic E-state index is 11.8. The SMILES string of the molecule is Cc1ccc(C(=O)CCNC(=O)NCCCC(=O)O)cc1. The first-order valence-corrected chi connectivity index (χ1v) is 6.82. The van der Waals surface area contributed by atoms with Gasteiger partial charge in [0.1, 0.15) is 0 Å². The number of benzene rings is 1. The summed E-state index contributed by atoms with van der Waals surface area (Å²) in [5.74, 6) is -0.915. The number of nitrogens with one attached hydrogen (secondary N) is 2. The number of aryl methyl sites for hydroxylation is 1. The average molecular weight is 292 g/mol. The third kappa shape index (κ3) is 7.10. The molecule has 3 N–H and O–H groups in total. The van der Waals surface area contributed by atoms with Crippen molar-refractivity contribution in [2.75, 3.05) is 13.1 Å². The molecule has 0 aliphatic heterocycles. The fourth-order valence-corrected chi connectivity index (χ4v) is 1.68. The Balaban J connectivity index is 2.17. The molecule has 0 saturated carbocycles. The van der Waals surface area contributed by atoms with Crippen LogP contribution < -0.4 is 10.6 Å². The van der Waals surface area contributed by atoms with E-state index in [-0.39, 0.29) is 25.2 Å². The van der Waals surface area contributed by atoms with Crippen molar-refractivity contribution in [2.45, 2.75) is 26.2 Å². The highest BCUT2D eigenvalue weighted by atomic mass is 16.4. The molecule has 1 aromatic carbocycles. The molecule has 1 aromatic rings. The van der Waals surface area contributed by atoms with Gasteiger partial charge in [0.05, 0.1) is 0 Å². The van der Waals surface area contributed by atoms with E-state index in [4.69, 9.17) is 5.11 Å². The van der Waals surface area contributed by atoms with Gasteiger partial charge in [-0.3, -0.25) is 9.59 Å². The summed E-state index contributed by atoms with van der Waals surface area (Å²) in [6.07, 6.45) is 0.628. The Morgan fingerprint density at radius 2 is 1.62 bits per heavy atom. The Labute approximate surface area is 123 Å². The van der Waals surface area contributed by atoms with Gasteiger partial charge in [-0.1, -0.05) is 29.8 Å². The van der Waals surface area contributed by atoms with Crippen LogP contribution in [0.2, 0.25) is 0 Å². The van der Waals surface area contributed by atoms with Crippen molar-refractivity contribution in [3.63, 3.8) is 0 Å². The number of hydrogen-bond donors (Lipinski definition) is 3. The lowest BCUT2D eigenvalue weighted by Gasteiger charge is -2.07. The molecule has 1 rings (SSSR count). The van der Waals surface area contributed by atoms with Crippen LogP contribution in [-0.2, 0) is 4.79 Å². The van der Waals surface area contributed by atoms with Crippen molar-refractivity contribution < 1.29 is 19.5 Å². The normalized spacial score (nSPS) is 9.95. The predicted octanol–water partition coefficient (Wildman–Crippen LogP) is 1.73. The maximum absolute atomic E-state index is 11.8. The third-order valence-electron chi connectivity index (χ3n) is 2.86. The summed E-state index contributed by atoms with van der Waals surface area (Å²) in [7, 11) is 0. The number of hydrogen-bond acceptors (Lipinski definition) is 3. The first-order valence-electron chi connectivity index (χ1n) is 6.82. The standard InChI is InChI=1S/C15H20N2O4/c1-11-4-6-12(7-5-11)13(18)8-10-17-15(21)16-9-2-3-14(19)20/h4-7H,2-3,8-10H2,1H3,(H,19,20)(H2,16,17,21). The van der Waals surface area contributed by atoms with Crippen molar-refractivity contribution >= 4 is 17.8 Å². The smallest absolute Gasteiger partial charge is 0.314 e. The minimum absolute atomic E-state index is 0.0200. The van der Waals surface area contributed by atoms with Gasteiger partial charge in [0.2, 0.25) is 0 Å². The largest absolute Gasteiger partial charge is 0.481 e. The second kappa shape index (κ2) is 8.73. The van der Waals surface area contributed by atoms with Crippen LogP contribution in [0.15, 0.2) is 24.3 Å². The molecule has 0 heterocycles. The van der Waals surface area contributed by atoms with Crippen LogP contribution in [0.25, 0.3) is 0 Å². The van der Waals surface area contributed by atoms with E-state index in [0.29, 0.717) is 18.5 Å². The summed E-state index contributed by atoms with van der Waals surface area (Å²) in [6, 6.07) is 6.89. The summed E-state index contributed by atoms with van der Waals surface area (Å²) in [5.41, 5.74) is 1.72. The molecule has 0 fully saturated rings. The number of Topliss-reactive ketones (excluding diaryl/α,β-unsaturated/α-hetero) is 1. The zero-order valence-electron chi connectivity index (χ0n) is 12.0. The highest BCUT2D eigenvalue weighted by molar-refractivity contribution is 5.96. The molecule has 0 saturated heterocycles. The Kier molecular flexibility index (Phi) is 6.94. The lowest BCUT2D eigenvalue weighted by atomic mass is 10.1. The van der Waals surface area contributed by atoms with Gasteiger partial charge >= 0.3 is 12.0 Å². The molecule has 0 bridgehead atoms. The molecule has 114 valence electrons. The average Bonchev–Trinajstić information content (AvgIpc) is 2.44. The molecule has 0 aromatic heterocycles. The highest BCUT2D eigenvalue weighted by Crippen LogP contribution is 2.05. The van der Waals surface area contributed by atoms with Crippen LogP contribution in [0.5, 0.6) is 0 Å². The Morgan fingerprint density at radius 3 is 2.24 bits per heavy atom. The molecule has 0 spiro atoms. The van der Waals surface area contributed by atoms with E-state index in [1.165, 1.54) is 0 Å². The number of carbonyl (C=O) groups excluding carboxylic acids is 2. The number of carboxylic acid groups (broad SMARTS) is 1. The molecule has 0 atom stereocenters. The maximum Gasteiger partial charge on any atom is 0.314 e. The first kappa shape index (κ1) is 16.7. The van der Waals surface area contributed by atoms with Gasteiger partial charge in [0.25, 0.3) is 0 Å². The molecule has 2 amide bonds. The van der Waals surface area contributed by atoms with Crippen molar-refractivity contribution in [3.05, 3.63) is 35.4 Å². The minimum atomic E-state index is -0.888. The van der Waals surface area contributed by atoms with Crippen LogP contribution in [0, 0.1) is 6.92 Å². The van der Waals surface area contributed by atoms with Crippen molar-refractivity contribution in [3.8, 4) is 0 Å². The molecule has 6 nitrogen and oxygen atoms in total. The van der Waals surface area contributed by atoms with Crippen molar-refractivity contribution in [1.29, 1.82) is 0 Å². The second-order valence-electron chi connectivity index (χ2n) is 4.72. The number of carbonyl (C=O) groups is 3. The number of urea groups is 1. The fraction of sp³-hybridized carbons (Fsp3) is 0.400. The third-order valence-corrected chi connectivity index (χ3v) is 2.86. The van der Waals surface area contributed by atoms with Gasteiger partial charge in [0, 0.05) is 31.5 Å². The molecule has 0 radical (unpaired) electrons. The van der Waals surface area contributed by atoms with Gasteiger partial charge in [0.15, 0.2) is 5.78 Å². The van der Waals surface area contributed by atoms with E-state index >= 15 is 0 Å². The molecular weight excluding hydrogens is 272 g/mol. The van der Waals surface area contributed by atoms with E-state index < -0.39 is 12.0 Å². The van der Waals surface area contributed by atoms with Gasteiger partial charge in [-0.15, -0.1) is 0 Å². The van der Waals surface area contributed by atoms with Gasteiger partial charge in [-0.05, 0) is 13.3 Å². The molecule has 21 heavy (non-hydrogen) atoms. The van der Waals surface area contributed by atoms with Crippen LogP contribution in [0.4, 0.5) is 4.79 Å². The van der Waals surface area contributed by atoms with E-state index in [9.17, 15) is 14.4 Å². The Morgan fingerprint density at radius 1 is 1.00 bits per heavy atom. The van der Waals surface area contributed by atoms with E-state index in [1.54, 1.807) is 12.1 Å². The number of amides is 2. The molecule has 0 aliphatic carbocycles. The lowest BCUT2D eigenvalue weighted by Crippen LogP contribution is -2.37. The Bertz CT molecular complexity index is 497. The number of aliphatic carboxylic acids is 1. The number of ketones is 1. The predicted molar refractivity (Wildman–Crippen MR) is 78.4 cm³/mol. The number of rotatable bonds is 8. The van der Waals surface area contributed by atoms with Crippen LogP contribution in [-0.4, -0.2) is 36.0 Å². The first-order chi connectivity index (χ1) is 9.99. The zero-order valence-corrected chi connectivity index (χ0v) is 12.0. The second-order valence-corrected chi connectivity index (χ2v) is 4.72. The van der Waals surface area contributed by atoms with Crippen LogP contribution in [0.3, 0.4) is 0 Å². The van der Waals surface area contributed by atoms with Crippen molar-refractivity contribution in [2.24, 2.45) is 0 Å². The van der Waals surface area contributed by atoms with Crippen molar-refractivity contribution in [1.82, 2.24) is 10.6 Å². The monoisotopic (exact) mass is 292 g/mol. The molecular formula is C15H20N2O4. The highest BCUT2D eigenvalue weighted by Gasteiger charge is 2.06. The lowest BCUT2D eigenvalue weighted by molar-refractivity contribution is -0.137. The minimum Gasteiger partial charge on any atom is -0.481 e. The van der Waals surface area contributed by atoms with Crippen LogP contribution in [0.1, 0.15) is 35.2 Å². The molecule has 0 unspecified atom stereocenters. The fourth-order valence-electron chi connectivity index (χ4n) is 1.68. The van der Waals surface area contributed by atoms with Crippen LogP contribution >= 0.6 is 0 Å². The number of carboxylic acids is 1. The molecule has 0 aliphatic rings. The van der Waals surface area contributed by atoms with E-state index in [2.05, 4.69) is 10.6 Å². The van der Waals surface area contributed by atoms with Gasteiger partial charge in [-0.25, -0.2) is 4.79 Å². The summed E-state index contributed by atoms with van der Waals surface area (Å²) >= 11 is 0. The zero-order chi connectivity index (χ0) is 15.7. The summed E-state index contributed by atoms with van der Waals surface area (Å²) in [4.78, 5) is 33.5.